The molecule has 2 aliphatic heterocycles. The van der Waals surface area contributed by atoms with Crippen LogP contribution >= 0.6 is 0 Å². The normalized spacial score (nSPS) is 46.0. The minimum absolute atomic E-state index is 0.0789. The van der Waals surface area contributed by atoms with Crippen molar-refractivity contribution in [3.63, 3.8) is 0 Å². The maximum absolute atomic E-state index is 11.5. The van der Waals surface area contributed by atoms with E-state index in [0.717, 1.165) is 38.0 Å². The van der Waals surface area contributed by atoms with Gasteiger partial charge < -0.3 is 9.47 Å². The monoisotopic (exact) mass is 266 g/mol. The molecular weight excluding hydrogens is 240 g/mol. The van der Waals surface area contributed by atoms with Crippen LogP contribution in [0.5, 0.6) is 0 Å². The average Bonchev–Trinajstić information content (AvgIpc) is 2.37. The molecule has 3 nitrogen and oxygen atoms in total. The molecule has 0 N–H and O–H groups in total. The third kappa shape index (κ3) is 2.67. The Kier molecular flexibility index (Phi) is 3.36. The van der Waals surface area contributed by atoms with Crippen molar-refractivity contribution in [1.29, 1.82) is 0 Å². The summed E-state index contributed by atoms with van der Waals surface area (Å²) in [6.45, 7) is 3.73. The van der Waals surface area contributed by atoms with Crippen LogP contribution in [0, 0.1) is 11.8 Å². The van der Waals surface area contributed by atoms with Crippen molar-refractivity contribution in [3.05, 3.63) is 0 Å². The number of hydrogen-bond acceptors (Lipinski definition) is 3. The van der Waals surface area contributed by atoms with Crippen molar-refractivity contribution in [3.8, 4) is 0 Å². The molecule has 0 aromatic heterocycles. The van der Waals surface area contributed by atoms with E-state index in [9.17, 15) is 4.79 Å². The van der Waals surface area contributed by atoms with E-state index < -0.39 is 5.79 Å². The van der Waals surface area contributed by atoms with Crippen LogP contribution in [0.1, 0.15) is 71.6 Å². The Morgan fingerprint density at radius 3 is 2.47 bits per heavy atom. The molecule has 0 radical (unpaired) electrons. The van der Waals surface area contributed by atoms with Gasteiger partial charge in [-0.25, -0.2) is 0 Å². The summed E-state index contributed by atoms with van der Waals surface area (Å²) in [6, 6.07) is 0. The summed E-state index contributed by atoms with van der Waals surface area (Å²) in [4.78, 5) is 11.5. The van der Waals surface area contributed by atoms with Gasteiger partial charge in [-0.15, -0.1) is 0 Å². The first-order valence-electron chi connectivity index (χ1n) is 7.90. The second-order valence-electron chi connectivity index (χ2n) is 7.12. The molecule has 3 aliphatic rings. The topological polar surface area (TPSA) is 35.5 Å². The van der Waals surface area contributed by atoms with Crippen molar-refractivity contribution in [2.24, 2.45) is 11.8 Å². The van der Waals surface area contributed by atoms with Gasteiger partial charge in [-0.1, -0.05) is 19.3 Å². The zero-order chi connectivity index (χ0) is 13.5. The van der Waals surface area contributed by atoms with Crippen LogP contribution < -0.4 is 0 Å². The second-order valence-corrected chi connectivity index (χ2v) is 7.12. The van der Waals surface area contributed by atoms with Crippen LogP contribution in [0.15, 0.2) is 0 Å². The Labute approximate surface area is 116 Å². The van der Waals surface area contributed by atoms with E-state index >= 15 is 0 Å². The minimum atomic E-state index is -0.615. The third-order valence-corrected chi connectivity index (χ3v) is 5.36. The minimum Gasteiger partial charge on any atom is -0.433 e. The number of fused-ring (bicyclic) bond motifs is 3. The van der Waals surface area contributed by atoms with Crippen LogP contribution in [0.4, 0.5) is 0 Å². The van der Waals surface area contributed by atoms with Crippen molar-refractivity contribution in [1.82, 2.24) is 0 Å². The molecule has 2 bridgehead atoms. The Morgan fingerprint density at radius 2 is 1.79 bits per heavy atom. The molecule has 3 fully saturated rings. The largest absolute Gasteiger partial charge is 0.433 e. The van der Waals surface area contributed by atoms with E-state index in [1.54, 1.807) is 0 Å². The number of hydrogen-bond donors (Lipinski definition) is 0. The lowest BCUT2D eigenvalue weighted by Gasteiger charge is -2.44. The lowest BCUT2D eigenvalue weighted by molar-refractivity contribution is -0.294. The summed E-state index contributed by atoms with van der Waals surface area (Å²) in [5.74, 6) is 0.649. The first kappa shape index (κ1) is 13.4. The summed E-state index contributed by atoms with van der Waals surface area (Å²) in [5.41, 5.74) is -0.0789. The van der Waals surface area contributed by atoms with Gasteiger partial charge in [-0.3, -0.25) is 4.79 Å². The number of esters is 1. The van der Waals surface area contributed by atoms with Crippen LogP contribution in [0.25, 0.3) is 0 Å². The maximum atomic E-state index is 11.5. The van der Waals surface area contributed by atoms with E-state index in [4.69, 9.17) is 9.47 Å². The van der Waals surface area contributed by atoms with Crippen molar-refractivity contribution in [2.45, 2.75) is 83.0 Å². The molecule has 4 atom stereocenters. The Bertz CT molecular complexity index is 367. The summed E-state index contributed by atoms with van der Waals surface area (Å²) in [7, 11) is 0. The van der Waals surface area contributed by atoms with Gasteiger partial charge in [-0.05, 0) is 44.4 Å². The van der Waals surface area contributed by atoms with E-state index in [0.29, 0.717) is 5.92 Å². The fourth-order valence-electron chi connectivity index (χ4n) is 4.72. The Balaban J connectivity index is 1.88. The third-order valence-electron chi connectivity index (χ3n) is 5.36. The zero-order valence-electron chi connectivity index (χ0n) is 12.2. The van der Waals surface area contributed by atoms with Gasteiger partial charge in [0.15, 0.2) is 0 Å². The highest BCUT2D eigenvalue weighted by molar-refractivity contribution is 5.66. The number of rotatable bonds is 1. The Morgan fingerprint density at radius 1 is 1.11 bits per heavy atom. The summed E-state index contributed by atoms with van der Waals surface area (Å²) < 4.78 is 12.1. The predicted octanol–water partition coefficient (Wildman–Crippen LogP) is 3.81. The molecule has 2 saturated heterocycles. The maximum Gasteiger partial charge on any atom is 0.305 e. The van der Waals surface area contributed by atoms with Crippen LogP contribution in [0.3, 0.4) is 0 Å². The second kappa shape index (κ2) is 4.76. The molecule has 1 saturated carbocycles. The lowest BCUT2D eigenvalue weighted by Crippen LogP contribution is -2.48. The van der Waals surface area contributed by atoms with E-state index in [2.05, 4.69) is 6.92 Å². The van der Waals surface area contributed by atoms with Crippen molar-refractivity contribution in [2.75, 3.05) is 0 Å². The highest BCUT2D eigenvalue weighted by Gasteiger charge is 2.52. The standard InChI is InChI=1S/C16H26O3/c1-12(17)18-16-9-5-8-15(2,19-16)10-13-6-3-4-7-14(13)11-16/h13-14H,3-11H2,1-2H3/t13?,14?,15-,16+/m1/s1. The molecular formula is C16H26O3. The van der Waals surface area contributed by atoms with E-state index in [1.807, 2.05) is 0 Å². The average molecular weight is 266 g/mol. The van der Waals surface area contributed by atoms with Crippen molar-refractivity contribution < 1.29 is 14.3 Å². The van der Waals surface area contributed by atoms with E-state index in [1.165, 1.54) is 32.6 Å². The number of carbonyl (C=O) groups is 1. The molecule has 2 unspecified atom stereocenters. The van der Waals surface area contributed by atoms with Crippen LogP contribution in [-0.2, 0) is 14.3 Å². The highest BCUT2D eigenvalue weighted by atomic mass is 16.7. The first-order chi connectivity index (χ1) is 9.00. The molecule has 3 rings (SSSR count). The fraction of sp³-hybridized carbons (Fsp3) is 0.938. The van der Waals surface area contributed by atoms with Crippen LogP contribution in [-0.4, -0.2) is 17.4 Å². The summed E-state index contributed by atoms with van der Waals surface area (Å²) >= 11 is 0. The van der Waals surface area contributed by atoms with Crippen molar-refractivity contribution >= 4 is 5.97 Å². The molecule has 1 aliphatic carbocycles. The molecule has 108 valence electrons. The molecule has 2 heterocycles. The van der Waals surface area contributed by atoms with Gasteiger partial charge in [0.1, 0.15) is 0 Å². The molecule has 0 aromatic carbocycles. The van der Waals surface area contributed by atoms with Gasteiger partial charge in [0.2, 0.25) is 5.79 Å². The van der Waals surface area contributed by atoms with Gasteiger partial charge in [0.25, 0.3) is 0 Å². The molecule has 0 spiro atoms. The van der Waals surface area contributed by atoms with Gasteiger partial charge in [-0.2, -0.15) is 0 Å². The van der Waals surface area contributed by atoms with Gasteiger partial charge in [0, 0.05) is 19.8 Å². The van der Waals surface area contributed by atoms with Gasteiger partial charge >= 0.3 is 5.97 Å². The molecule has 3 heteroatoms. The molecule has 0 amide bonds. The molecule has 0 aromatic rings. The van der Waals surface area contributed by atoms with E-state index in [-0.39, 0.29) is 11.6 Å². The first-order valence-corrected chi connectivity index (χ1v) is 7.90. The Hall–Kier alpha value is -0.570. The fourth-order valence-corrected chi connectivity index (χ4v) is 4.72. The predicted molar refractivity (Wildman–Crippen MR) is 72.5 cm³/mol. The number of carbonyl (C=O) groups excluding carboxylic acids is 1. The lowest BCUT2D eigenvalue weighted by atomic mass is 9.73. The van der Waals surface area contributed by atoms with Gasteiger partial charge in [0.05, 0.1) is 5.60 Å². The SMILES string of the molecule is CC(=O)O[C@]12CCC[C@](C)(CC3CCCCC3C1)O2. The van der Waals surface area contributed by atoms with Crippen LogP contribution in [0.2, 0.25) is 0 Å². The highest BCUT2D eigenvalue weighted by Crippen LogP contribution is 2.51. The summed E-state index contributed by atoms with van der Waals surface area (Å²) in [5, 5.41) is 0. The smallest absolute Gasteiger partial charge is 0.305 e. The molecule has 19 heavy (non-hydrogen) atoms. The number of ether oxygens (including phenoxy) is 2. The quantitative estimate of drug-likeness (QED) is 0.677. The summed E-state index contributed by atoms with van der Waals surface area (Å²) in [6.07, 6.45) is 10.5. The zero-order valence-corrected chi connectivity index (χ0v) is 12.2.